The van der Waals surface area contributed by atoms with E-state index >= 15 is 0 Å². The van der Waals surface area contributed by atoms with Crippen molar-refractivity contribution in [2.45, 2.75) is 32.0 Å². The normalized spacial score (nSPS) is 12.8. The summed E-state index contributed by atoms with van der Waals surface area (Å²) in [5.74, 6) is -0.923. The predicted octanol–water partition coefficient (Wildman–Crippen LogP) is 1.16. The molecule has 0 spiro atoms. The molecule has 0 heterocycles. The van der Waals surface area contributed by atoms with E-state index in [-0.39, 0.29) is 13.1 Å². The number of ether oxygens (including phenoxy) is 1. The molecule has 0 rings (SSSR count). The van der Waals surface area contributed by atoms with Crippen LogP contribution < -0.4 is 10.6 Å². The lowest BCUT2D eigenvalue weighted by atomic mass is 10.2. The zero-order valence-electron chi connectivity index (χ0n) is 9.47. The Kier molecular flexibility index (Phi) is 6.10. The molecule has 2 N–H and O–H groups in total. The van der Waals surface area contributed by atoms with Crippen LogP contribution >= 0.6 is 11.6 Å². The molecule has 2 amide bonds. The molecule has 0 saturated heterocycles. The molecular formula is C9H16ClFN2O3. The molecule has 1 atom stereocenters. The Bertz CT molecular complexity index is 254. The summed E-state index contributed by atoms with van der Waals surface area (Å²) >= 11 is 4.87. The molecule has 5 nitrogen and oxygen atoms in total. The van der Waals surface area contributed by atoms with Gasteiger partial charge in [-0.15, -0.1) is 0 Å². The summed E-state index contributed by atoms with van der Waals surface area (Å²) in [6.07, 6.45) is -0.593. The Morgan fingerprint density at radius 3 is 2.25 bits per heavy atom. The highest BCUT2D eigenvalue weighted by Crippen LogP contribution is 2.05. The Labute approximate surface area is 98.7 Å². The van der Waals surface area contributed by atoms with E-state index in [1.165, 1.54) is 0 Å². The number of rotatable bonds is 4. The largest absolute Gasteiger partial charge is 0.444 e. The molecule has 0 aromatic heterocycles. The van der Waals surface area contributed by atoms with Gasteiger partial charge in [0.1, 0.15) is 5.60 Å². The summed E-state index contributed by atoms with van der Waals surface area (Å²) in [5, 5.41) is 4.58. The summed E-state index contributed by atoms with van der Waals surface area (Å²) < 4.78 is 17.1. The molecule has 0 fully saturated rings. The highest BCUT2D eigenvalue weighted by Gasteiger charge is 2.16. The maximum absolute atomic E-state index is 12.1. The van der Waals surface area contributed by atoms with Gasteiger partial charge < -0.3 is 15.4 Å². The molecular weight excluding hydrogens is 239 g/mol. The van der Waals surface area contributed by atoms with Crippen LogP contribution in [0.15, 0.2) is 0 Å². The quantitative estimate of drug-likeness (QED) is 0.584. The highest BCUT2D eigenvalue weighted by atomic mass is 35.5. The number of nitrogens with one attached hydrogen (secondary N) is 2. The van der Waals surface area contributed by atoms with Crippen LogP contribution in [-0.2, 0) is 9.53 Å². The maximum atomic E-state index is 12.1. The lowest BCUT2D eigenvalue weighted by molar-refractivity contribution is -0.123. The molecule has 0 aliphatic carbocycles. The Hall–Kier alpha value is -1.04. The Morgan fingerprint density at radius 2 is 1.81 bits per heavy atom. The van der Waals surface area contributed by atoms with Crippen LogP contribution in [0.2, 0.25) is 0 Å². The molecule has 1 unspecified atom stereocenters. The van der Waals surface area contributed by atoms with E-state index < -0.39 is 23.2 Å². The van der Waals surface area contributed by atoms with Gasteiger partial charge in [-0.2, -0.15) is 0 Å². The van der Waals surface area contributed by atoms with Crippen LogP contribution in [0.25, 0.3) is 0 Å². The first-order valence-electron chi connectivity index (χ1n) is 4.75. The number of hydrogen-bond donors (Lipinski definition) is 2. The summed E-state index contributed by atoms with van der Waals surface area (Å²) in [4.78, 5) is 21.7. The van der Waals surface area contributed by atoms with Crippen LogP contribution in [0, 0.1) is 0 Å². The standard InChI is InChI=1S/C9H16ClFN2O3/c1-9(2,3)16-8(15)13-5-4-12-7(14)6(10)11/h6H,4-5H2,1-3H3,(H,12,14)(H,13,15). The van der Waals surface area contributed by atoms with E-state index in [0.29, 0.717) is 0 Å². The minimum atomic E-state index is -2.07. The fraction of sp³-hybridized carbons (Fsp3) is 0.778. The fourth-order valence-corrected chi connectivity index (χ4v) is 0.819. The van der Waals surface area contributed by atoms with Crippen molar-refractivity contribution >= 4 is 23.6 Å². The van der Waals surface area contributed by atoms with Crippen molar-refractivity contribution in [2.24, 2.45) is 0 Å². The molecule has 0 aliphatic rings. The predicted molar refractivity (Wildman–Crippen MR) is 58.0 cm³/mol. The maximum Gasteiger partial charge on any atom is 0.407 e. The van der Waals surface area contributed by atoms with Crippen molar-refractivity contribution in [3.05, 3.63) is 0 Å². The van der Waals surface area contributed by atoms with Crippen molar-refractivity contribution in [3.8, 4) is 0 Å². The van der Waals surface area contributed by atoms with E-state index in [1.54, 1.807) is 20.8 Å². The third-order valence-electron chi connectivity index (χ3n) is 1.29. The zero-order valence-corrected chi connectivity index (χ0v) is 10.2. The molecule has 94 valence electrons. The second kappa shape index (κ2) is 6.52. The van der Waals surface area contributed by atoms with Crippen LogP contribution in [0.4, 0.5) is 9.18 Å². The van der Waals surface area contributed by atoms with Crippen molar-refractivity contribution in [2.75, 3.05) is 13.1 Å². The number of alkyl halides is 2. The first kappa shape index (κ1) is 15.0. The average Bonchev–Trinajstić information content (AvgIpc) is 2.08. The van der Waals surface area contributed by atoms with E-state index in [0.717, 1.165) is 0 Å². The van der Waals surface area contributed by atoms with Crippen molar-refractivity contribution < 1.29 is 18.7 Å². The molecule has 0 aromatic carbocycles. The first-order valence-corrected chi connectivity index (χ1v) is 5.19. The number of alkyl carbamates (subject to hydrolysis) is 1. The number of hydrogen-bond acceptors (Lipinski definition) is 3. The van der Waals surface area contributed by atoms with Crippen LogP contribution in [0.5, 0.6) is 0 Å². The summed E-state index contributed by atoms with van der Waals surface area (Å²) in [5.41, 5.74) is -2.64. The van der Waals surface area contributed by atoms with E-state index in [1.807, 2.05) is 0 Å². The van der Waals surface area contributed by atoms with Gasteiger partial charge >= 0.3 is 6.09 Å². The third-order valence-corrected chi connectivity index (χ3v) is 1.49. The van der Waals surface area contributed by atoms with Gasteiger partial charge in [0.05, 0.1) is 0 Å². The van der Waals surface area contributed by atoms with Crippen molar-refractivity contribution in [1.82, 2.24) is 10.6 Å². The summed E-state index contributed by atoms with van der Waals surface area (Å²) in [6.45, 7) is 5.43. The Morgan fingerprint density at radius 1 is 1.31 bits per heavy atom. The number of halogens is 2. The minimum absolute atomic E-state index is 0.0885. The van der Waals surface area contributed by atoms with Gasteiger partial charge in [0.25, 0.3) is 11.5 Å². The van der Waals surface area contributed by atoms with Gasteiger partial charge in [-0.3, -0.25) is 4.79 Å². The lowest BCUT2D eigenvalue weighted by Gasteiger charge is -2.19. The minimum Gasteiger partial charge on any atom is -0.444 e. The molecule has 16 heavy (non-hydrogen) atoms. The van der Waals surface area contributed by atoms with Gasteiger partial charge in [0.15, 0.2) is 0 Å². The van der Waals surface area contributed by atoms with Gasteiger partial charge in [0.2, 0.25) is 0 Å². The molecule has 0 radical (unpaired) electrons. The van der Waals surface area contributed by atoms with Gasteiger partial charge in [-0.25, -0.2) is 9.18 Å². The molecule has 0 aliphatic heterocycles. The third kappa shape index (κ3) is 8.28. The highest BCUT2D eigenvalue weighted by molar-refractivity contribution is 6.29. The lowest BCUT2D eigenvalue weighted by Crippen LogP contribution is -2.39. The van der Waals surface area contributed by atoms with E-state index in [4.69, 9.17) is 16.3 Å². The van der Waals surface area contributed by atoms with Crippen molar-refractivity contribution in [3.63, 3.8) is 0 Å². The number of amides is 2. The fourth-order valence-electron chi connectivity index (χ4n) is 0.742. The second-order valence-electron chi connectivity index (χ2n) is 4.02. The molecule has 0 bridgehead atoms. The first-order chi connectivity index (χ1) is 7.22. The number of carbonyl (C=O) groups is 2. The molecule has 7 heteroatoms. The van der Waals surface area contributed by atoms with Crippen molar-refractivity contribution in [1.29, 1.82) is 0 Å². The van der Waals surface area contributed by atoms with Crippen LogP contribution in [0.1, 0.15) is 20.8 Å². The summed E-state index contributed by atoms with van der Waals surface area (Å²) in [7, 11) is 0. The van der Waals surface area contributed by atoms with Crippen LogP contribution in [-0.4, -0.2) is 36.3 Å². The van der Waals surface area contributed by atoms with Gasteiger partial charge in [-0.1, -0.05) is 11.6 Å². The smallest absolute Gasteiger partial charge is 0.407 e. The monoisotopic (exact) mass is 254 g/mol. The SMILES string of the molecule is CC(C)(C)OC(=O)NCCNC(=O)C(F)Cl. The second-order valence-corrected chi connectivity index (χ2v) is 4.40. The molecule has 0 saturated carbocycles. The Balaban J connectivity index is 3.60. The average molecular weight is 255 g/mol. The van der Waals surface area contributed by atoms with E-state index in [2.05, 4.69) is 10.6 Å². The van der Waals surface area contributed by atoms with Gasteiger partial charge in [0, 0.05) is 13.1 Å². The topological polar surface area (TPSA) is 67.4 Å². The number of carbonyl (C=O) groups excluding carboxylic acids is 2. The zero-order chi connectivity index (χ0) is 12.8. The van der Waals surface area contributed by atoms with Gasteiger partial charge in [-0.05, 0) is 20.8 Å². The molecule has 0 aromatic rings. The van der Waals surface area contributed by atoms with Crippen LogP contribution in [0.3, 0.4) is 0 Å². The van der Waals surface area contributed by atoms with E-state index in [9.17, 15) is 14.0 Å². The summed E-state index contributed by atoms with van der Waals surface area (Å²) in [6, 6.07) is 0.